The van der Waals surface area contributed by atoms with Gasteiger partial charge < -0.3 is 10.2 Å². The van der Waals surface area contributed by atoms with Gasteiger partial charge in [-0.25, -0.2) is 0 Å². The zero-order valence-corrected chi connectivity index (χ0v) is 13.8. The van der Waals surface area contributed by atoms with Crippen LogP contribution in [0.1, 0.15) is 15.9 Å². The van der Waals surface area contributed by atoms with Gasteiger partial charge in [-0.2, -0.15) is 0 Å². The van der Waals surface area contributed by atoms with Crippen LogP contribution in [0.5, 0.6) is 0 Å². The van der Waals surface area contributed by atoms with Gasteiger partial charge in [-0.05, 0) is 30.2 Å². The van der Waals surface area contributed by atoms with Crippen LogP contribution in [-0.4, -0.2) is 29.0 Å². The van der Waals surface area contributed by atoms with Gasteiger partial charge in [0.05, 0.1) is 22.1 Å². The largest absolute Gasteiger partial charge is 0.324 e. The summed E-state index contributed by atoms with van der Waals surface area (Å²) in [7, 11) is 0. The number of anilines is 2. The average molecular weight is 355 g/mol. The Morgan fingerprint density at radius 2 is 2.08 bits per heavy atom. The number of nitrogens with one attached hydrogen (secondary N) is 1. The maximum absolute atomic E-state index is 12.9. The fourth-order valence-electron chi connectivity index (χ4n) is 3.06. The maximum atomic E-state index is 12.9. The van der Waals surface area contributed by atoms with Crippen LogP contribution in [0.25, 0.3) is 0 Å². The Morgan fingerprint density at radius 3 is 2.88 bits per heavy atom. The van der Waals surface area contributed by atoms with Crippen molar-refractivity contribution in [3.8, 4) is 0 Å². The number of benzene rings is 2. The van der Waals surface area contributed by atoms with Crippen LogP contribution in [0.2, 0.25) is 0 Å². The number of carbonyl (C=O) groups is 2. The number of thioether (sulfide) groups is 1. The molecule has 0 bridgehead atoms. The van der Waals surface area contributed by atoms with Gasteiger partial charge in [-0.1, -0.05) is 6.07 Å². The van der Waals surface area contributed by atoms with E-state index >= 15 is 0 Å². The maximum Gasteiger partial charge on any atom is 0.271 e. The van der Waals surface area contributed by atoms with Crippen LogP contribution in [0.3, 0.4) is 0 Å². The van der Waals surface area contributed by atoms with E-state index in [1.165, 1.54) is 23.9 Å². The lowest BCUT2D eigenvalue weighted by atomic mass is 10.1. The highest BCUT2D eigenvalue weighted by Crippen LogP contribution is 2.35. The second-order valence-electron chi connectivity index (χ2n) is 5.82. The first-order valence-electron chi connectivity index (χ1n) is 7.69. The number of nitrogens with zero attached hydrogens (tertiary/aromatic N) is 2. The summed E-state index contributed by atoms with van der Waals surface area (Å²) in [5, 5.41) is 13.8. The van der Waals surface area contributed by atoms with Crippen molar-refractivity contribution < 1.29 is 14.5 Å². The highest BCUT2D eigenvalue weighted by Gasteiger charge is 2.28. The molecule has 7 nitrogen and oxygen atoms in total. The number of nitro benzene ring substituents is 1. The molecule has 1 N–H and O–H groups in total. The number of hydrogen-bond donors (Lipinski definition) is 1. The Bertz CT molecular complexity index is 928. The number of nitro groups is 1. The molecule has 0 saturated carbocycles. The lowest BCUT2D eigenvalue weighted by molar-refractivity contribution is -0.384. The summed E-state index contributed by atoms with van der Waals surface area (Å²) in [5.41, 5.74) is 2.54. The Balaban J connectivity index is 1.67. The smallest absolute Gasteiger partial charge is 0.271 e. The molecular weight excluding hydrogens is 342 g/mol. The molecule has 4 rings (SSSR count). The molecule has 0 aliphatic carbocycles. The zero-order valence-electron chi connectivity index (χ0n) is 13.0. The predicted octanol–water partition coefficient (Wildman–Crippen LogP) is 2.84. The second kappa shape index (κ2) is 5.89. The van der Waals surface area contributed by atoms with Crippen molar-refractivity contribution in [3.05, 3.63) is 57.6 Å². The molecule has 2 aromatic rings. The summed E-state index contributed by atoms with van der Waals surface area (Å²) in [5.74, 6) is 0.0415. The number of fused-ring (bicyclic) bond motifs is 2. The van der Waals surface area contributed by atoms with E-state index in [4.69, 9.17) is 0 Å². The standard InChI is InChI=1S/C17H13N3O4S/c21-16-9-25-15-4-2-11(7-13(15)18-16)17(22)19-6-5-10-1-3-12(20(23)24)8-14(10)19/h1-4,7-8H,5-6,9H2,(H,18,21). The molecule has 0 saturated heterocycles. The minimum atomic E-state index is -0.465. The molecule has 2 amide bonds. The van der Waals surface area contributed by atoms with Gasteiger partial charge >= 0.3 is 0 Å². The lowest BCUT2D eigenvalue weighted by Gasteiger charge is -2.20. The number of rotatable bonds is 2. The Morgan fingerprint density at radius 1 is 1.24 bits per heavy atom. The number of carbonyl (C=O) groups excluding carboxylic acids is 2. The van der Waals surface area contributed by atoms with Crippen molar-refractivity contribution in [2.45, 2.75) is 11.3 Å². The number of hydrogen-bond acceptors (Lipinski definition) is 5. The van der Waals surface area contributed by atoms with Crippen LogP contribution in [0.4, 0.5) is 17.1 Å². The molecule has 0 atom stereocenters. The third-order valence-corrected chi connectivity index (χ3v) is 5.35. The molecule has 0 radical (unpaired) electrons. The van der Waals surface area contributed by atoms with E-state index < -0.39 is 4.92 Å². The van der Waals surface area contributed by atoms with E-state index in [-0.39, 0.29) is 17.5 Å². The molecule has 0 aromatic heterocycles. The first kappa shape index (κ1) is 15.6. The Kier molecular flexibility index (Phi) is 3.69. The summed E-state index contributed by atoms with van der Waals surface area (Å²) < 4.78 is 0. The molecular formula is C17H13N3O4S. The molecule has 2 heterocycles. The minimum Gasteiger partial charge on any atom is -0.324 e. The van der Waals surface area contributed by atoms with Crippen molar-refractivity contribution in [3.63, 3.8) is 0 Å². The molecule has 0 fully saturated rings. The van der Waals surface area contributed by atoms with Gasteiger partial charge in [0.25, 0.3) is 11.6 Å². The van der Waals surface area contributed by atoms with Gasteiger partial charge in [-0.15, -0.1) is 11.8 Å². The van der Waals surface area contributed by atoms with Crippen molar-refractivity contribution in [2.24, 2.45) is 0 Å². The molecule has 126 valence electrons. The second-order valence-corrected chi connectivity index (χ2v) is 6.84. The van der Waals surface area contributed by atoms with Gasteiger partial charge in [0.1, 0.15) is 0 Å². The third kappa shape index (κ3) is 2.74. The molecule has 0 unspecified atom stereocenters. The minimum absolute atomic E-state index is 0.0347. The summed E-state index contributed by atoms with van der Waals surface area (Å²) in [6, 6.07) is 9.80. The Hall–Kier alpha value is -2.87. The quantitative estimate of drug-likeness (QED) is 0.660. The number of non-ortho nitro benzene ring substituents is 1. The molecule has 2 aliphatic rings. The summed E-state index contributed by atoms with van der Waals surface area (Å²) >= 11 is 1.43. The van der Waals surface area contributed by atoms with Gasteiger partial charge in [0.15, 0.2) is 0 Å². The fourth-order valence-corrected chi connectivity index (χ4v) is 3.85. The normalized spacial score (nSPS) is 15.4. The van der Waals surface area contributed by atoms with Crippen molar-refractivity contribution in [1.29, 1.82) is 0 Å². The van der Waals surface area contributed by atoms with E-state index in [0.29, 0.717) is 35.7 Å². The zero-order chi connectivity index (χ0) is 17.6. The monoisotopic (exact) mass is 355 g/mol. The van der Waals surface area contributed by atoms with Gasteiger partial charge in [0, 0.05) is 29.1 Å². The van der Waals surface area contributed by atoms with Crippen LogP contribution in [0.15, 0.2) is 41.3 Å². The van der Waals surface area contributed by atoms with E-state index in [1.54, 1.807) is 23.1 Å². The summed E-state index contributed by atoms with van der Waals surface area (Å²) in [6.07, 6.45) is 0.663. The van der Waals surface area contributed by atoms with Gasteiger partial charge in [-0.3, -0.25) is 19.7 Å². The van der Waals surface area contributed by atoms with E-state index in [0.717, 1.165) is 10.5 Å². The molecule has 2 aromatic carbocycles. The van der Waals surface area contributed by atoms with Crippen LogP contribution < -0.4 is 10.2 Å². The topological polar surface area (TPSA) is 92.5 Å². The van der Waals surface area contributed by atoms with Crippen molar-refractivity contribution in [2.75, 3.05) is 22.5 Å². The van der Waals surface area contributed by atoms with Crippen LogP contribution in [0, 0.1) is 10.1 Å². The third-order valence-electron chi connectivity index (χ3n) is 4.28. The number of amides is 2. The Labute approximate surface area is 147 Å². The average Bonchev–Trinajstić information content (AvgIpc) is 3.03. The lowest BCUT2D eigenvalue weighted by Crippen LogP contribution is -2.29. The molecule has 2 aliphatic heterocycles. The highest BCUT2D eigenvalue weighted by molar-refractivity contribution is 8.00. The van der Waals surface area contributed by atoms with E-state index in [2.05, 4.69) is 5.32 Å². The highest BCUT2D eigenvalue weighted by atomic mass is 32.2. The summed E-state index contributed by atoms with van der Waals surface area (Å²) in [4.78, 5) is 37.4. The first-order chi connectivity index (χ1) is 12.0. The van der Waals surface area contributed by atoms with Gasteiger partial charge in [0.2, 0.25) is 5.91 Å². The molecule has 8 heteroatoms. The van der Waals surface area contributed by atoms with Crippen molar-refractivity contribution in [1.82, 2.24) is 0 Å². The van der Waals surface area contributed by atoms with Crippen LogP contribution >= 0.6 is 11.8 Å². The van der Waals surface area contributed by atoms with E-state index in [1.807, 2.05) is 6.07 Å². The first-order valence-corrected chi connectivity index (χ1v) is 8.67. The van der Waals surface area contributed by atoms with E-state index in [9.17, 15) is 19.7 Å². The predicted molar refractivity (Wildman–Crippen MR) is 94.3 cm³/mol. The fraction of sp³-hybridized carbons (Fsp3) is 0.176. The molecule has 0 spiro atoms. The SMILES string of the molecule is O=C1CSc2ccc(C(=O)N3CCc4ccc([N+](=O)[O-])cc43)cc2N1. The van der Waals surface area contributed by atoms with Crippen molar-refractivity contribution >= 4 is 40.6 Å². The molecule has 25 heavy (non-hydrogen) atoms. The van der Waals surface area contributed by atoms with Crippen LogP contribution in [-0.2, 0) is 11.2 Å². The summed E-state index contributed by atoms with van der Waals surface area (Å²) in [6.45, 7) is 0.480.